The van der Waals surface area contributed by atoms with Crippen molar-refractivity contribution < 1.29 is 14.0 Å². The molecule has 2 amide bonds. The minimum absolute atomic E-state index is 0.0139. The van der Waals surface area contributed by atoms with Crippen molar-refractivity contribution in [1.82, 2.24) is 21.3 Å². The lowest BCUT2D eigenvalue weighted by molar-refractivity contribution is -0.124. The van der Waals surface area contributed by atoms with Crippen LogP contribution in [0.25, 0.3) is 0 Å². The van der Waals surface area contributed by atoms with Gasteiger partial charge in [-0.3, -0.25) is 9.59 Å². The van der Waals surface area contributed by atoms with Crippen molar-refractivity contribution in [2.45, 2.75) is 63.4 Å². The van der Waals surface area contributed by atoms with Crippen LogP contribution in [0.1, 0.15) is 33.1 Å². The van der Waals surface area contributed by atoms with Crippen LogP contribution in [0.15, 0.2) is 11.6 Å². The lowest BCUT2D eigenvalue weighted by Crippen LogP contribution is -2.57. The van der Waals surface area contributed by atoms with Crippen molar-refractivity contribution in [3.05, 3.63) is 11.6 Å². The summed E-state index contributed by atoms with van der Waals surface area (Å²) in [5.41, 5.74) is 0.402. The van der Waals surface area contributed by atoms with E-state index in [0.717, 1.165) is 6.42 Å². The zero-order valence-electron chi connectivity index (χ0n) is 15.8. The summed E-state index contributed by atoms with van der Waals surface area (Å²) in [5, 5.41) is 21.4. The molecule has 0 bridgehead atoms. The predicted octanol–water partition coefficient (Wildman–Crippen LogP) is 0.144. The first kappa shape index (κ1) is 19.8. The van der Waals surface area contributed by atoms with Crippen LogP contribution in [0.3, 0.4) is 0 Å². The Bertz CT molecular complexity index is 661. The highest BCUT2D eigenvalue weighted by atomic mass is 19.1. The van der Waals surface area contributed by atoms with Gasteiger partial charge in [0.15, 0.2) is 0 Å². The number of nitrogens with one attached hydrogen (secondary N) is 4. The Morgan fingerprint density at radius 1 is 1.48 bits per heavy atom. The number of alkyl halides is 1. The van der Waals surface area contributed by atoms with Gasteiger partial charge in [0.2, 0.25) is 11.8 Å². The summed E-state index contributed by atoms with van der Waals surface area (Å²) in [7, 11) is 0. The molecule has 3 aliphatic heterocycles. The van der Waals surface area contributed by atoms with Crippen molar-refractivity contribution in [3.63, 3.8) is 0 Å². The molecule has 0 aromatic heterocycles. The Morgan fingerprint density at radius 2 is 2.26 bits per heavy atom. The Morgan fingerprint density at radius 3 is 2.96 bits per heavy atom. The largest absolute Gasteiger partial charge is 0.352 e. The third-order valence-electron chi connectivity index (χ3n) is 5.97. The molecule has 148 valence electrons. The Kier molecular flexibility index (Phi) is 6.12. The number of carbonyl (C=O) groups excluding carboxylic acids is 2. The third-order valence-corrected chi connectivity index (χ3v) is 5.97. The molecule has 0 aromatic carbocycles. The number of nitriles is 1. The molecule has 0 spiro atoms. The fourth-order valence-electron chi connectivity index (χ4n) is 4.23. The van der Waals surface area contributed by atoms with Gasteiger partial charge in [0.05, 0.1) is 12.5 Å². The molecule has 3 heterocycles. The monoisotopic (exact) mass is 377 g/mol. The summed E-state index contributed by atoms with van der Waals surface area (Å²) in [4.78, 5) is 24.8. The third kappa shape index (κ3) is 4.47. The lowest BCUT2D eigenvalue weighted by Gasteiger charge is -2.38. The number of amides is 2. The number of hydrogen-bond acceptors (Lipinski definition) is 5. The lowest BCUT2D eigenvalue weighted by atomic mass is 9.82. The number of piperidine rings is 2. The molecule has 8 heteroatoms. The van der Waals surface area contributed by atoms with Gasteiger partial charge in [-0.05, 0) is 32.2 Å². The molecule has 0 saturated carbocycles. The zero-order valence-corrected chi connectivity index (χ0v) is 15.8. The van der Waals surface area contributed by atoms with Crippen LogP contribution in [-0.2, 0) is 9.59 Å². The van der Waals surface area contributed by atoms with Gasteiger partial charge >= 0.3 is 0 Å². The van der Waals surface area contributed by atoms with E-state index in [-0.39, 0.29) is 54.2 Å². The Hall–Kier alpha value is -1.98. The molecule has 2 fully saturated rings. The van der Waals surface area contributed by atoms with Gasteiger partial charge in [-0.2, -0.15) is 5.26 Å². The van der Waals surface area contributed by atoms with Crippen LogP contribution in [0, 0.1) is 23.2 Å². The molecule has 0 aromatic rings. The highest BCUT2D eigenvalue weighted by Gasteiger charge is 2.37. The first-order chi connectivity index (χ1) is 12.9. The van der Waals surface area contributed by atoms with Crippen LogP contribution >= 0.6 is 0 Å². The maximum absolute atomic E-state index is 13.6. The van der Waals surface area contributed by atoms with Crippen LogP contribution in [0.4, 0.5) is 4.39 Å². The fraction of sp³-hybridized carbons (Fsp3) is 0.737. The highest BCUT2D eigenvalue weighted by Crippen LogP contribution is 2.26. The minimum Gasteiger partial charge on any atom is -0.352 e. The molecular formula is C19H28FN5O2. The number of halogens is 1. The Balaban J connectivity index is 1.59. The predicted molar refractivity (Wildman–Crippen MR) is 98.2 cm³/mol. The fourth-order valence-corrected chi connectivity index (χ4v) is 4.23. The number of nitrogens with zero attached hydrogens (tertiary/aromatic N) is 1. The molecule has 3 rings (SSSR count). The van der Waals surface area contributed by atoms with Gasteiger partial charge in [-0.1, -0.05) is 13.0 Å². The van der Waals surface area contributed by atoms with Crippen LogP contribution in [-0.4, -0.2) is 55.2 Å². The molecule has 27 heavy (non-hydrogen) atoms. The number of rotatable bonds is 4. The van der Waals surface area contributed by atoms with E-state index in [9.17, 15) is 19.2 Å². The molecular weight excluding hydrogens is 349 g/mol. The summed E-state index contributed by atoms with van der Waals surface area (Å²) in [6.45, 7) is 4.76. The van der Waals surface area contributed by atoms with Crippen molar-refractivity contribution in [2.75, 3.05) is 13.1 Å². The van der Waals surface area contributed by atoms with E-state index in [1.54, 1.807) is 6.08 Å². The summed E-state index contributed by atoms with van der Waals surface area (Å²) in [6.07, 6.45) is 2.33. The molecule has 3 aliphatic rings. The van der Waals surface area contributed by atoms with E-state index >= 15 is 0 Å². The van der Waals surface area contributed by atoms with Crippen molar-refractivity contribution >= 4 is 11.8 Å². The van der Waals surface area contributed by atoms with Crippen molar-refractivity contribution in [3.8, 4) is 6.07 Å². The maximum atomic E-state index is 13.6. The SMILES string of the molecule is CC1CC([C@@H](C)NC(=O)CC2=CC3C(C#N)NCCC3NC2=O)NCC1F. The second-order valence-electron chi connectivity index (χ2n) is 7.98. The number of hydrogen-bond donors (Lipinski definition) is 4. The highest BCUT2D eigenvalue weighted by molar-refractivity contribution is 5.99. The average Bonchev–Trinajstić information content (AvgIpc) is 2.64. The first-order valence-electron chi connectivity index (χ1n) is 9.70. The zero-order chi connectivity index (χ0) is 19.6. The van der Waals surface area contributed by atoms with Gasteiger partial charge in [-0.15, -0.1) is 0 Å². The van der Waals surface area contributed by atoms with Crippen molar-refractivity contribution in [1.29, 1.82) is 5.26 Å². The average molecular weight is 377 g/mol. The van der Waals surface area contributed by atoms with E-state index in [1.165, 1.54) is 0 Å². The number of fused-ring (bicyclic) bond motifs is 1. The molecule has 4 N–H and O–H groups in total. The quantitative estimate of drug-likeness (QED) is 0.558. The number of carbonyl (C=O) groups is 2. The smallest absolute Gasteiger partial charge is 0.247 e. The van der Waals surface area contributed by atoms with E-state index < -0.39 is 6.17 Å². The molecule has 0 aliphatic carbocycles. The van der Waals surface area contributed by atoms with Crippen LogP contribution < -0.4 is 21.3 Å². The summed E-state index contributed by atoms with van der Waals surface area (Å²) in [6, 6.07) is 1.67. The molecule has 6 unspecified atom stereocenters. The van der Waals surface area contributed by atoms with E-state index in [4.69, 9.17) is 0 Å². The normalized spacial score (nSPS) is 37.3. The van der Waals surface area contributed by atoms with Crippen LogP contribution in [0.5, 0.6) is 0 Å². The van der Waals surface area contributed by atoms with Gasteiger partial charge in [-0.25, -0.2) is 4.39 Å². The second-order valence-corrected chi connectivity index (χ2v) is 7.98. The van der Waals surface area contributed by atoms with Gasteiger partial charge in [0.25, 0.3) is 0 Å². The standard InChI is InChI=1S/C19H28FN5O2/c1-10-5-16(23-9-14(10)20)11(2)24-18(26)7-12-6-13-15(25-19(12)27)3-4-22-17(13)8-21/h6,10-11,13-17,22-23H,3-5,7,9H2,1-2H3,(H,24,26)(H,25,27)/t10?,11-,13?,14?,15?,16?,17?/m1/s1. The molecule has 2 saturated heterocycles. The minimum atomic E-state index is -0.856. The summed E-state index contributed by atoms with van der Waals surface area (Å²) < 4.78 is 13.6. The molecule has 7 atom stereocenters. The summed E-state index contributed by atoms with van der Waals surface area (Å²) >= 11 is 0. The van der Waals surface area contributed by atoms with E-state index in [0.29, 0.717) is 25.1 Å². The second kappa shape index (κ2) is 8.36. The van der Waals surface area contributed by atoms with Gasteiger partial charge in [0.1, 0.15) is 12.2 Å². The van der Waals surface area contributed by atoms with E-state index in [2.05, 4.69) is 27.3 Å². The molecule has 0 radical (unpaired) electrons. The maximum Gasteiger partial charge on any atom is 0.247 e. The van der Waals surface area contributed by atoms with Crippen LogP contribution in [0.2, 0.25) is 0 Å². The Labute approximate surface area is 159 Å². The first-order valence-corrected chi connectivity index (χ1v) is 9.70. The molecule has 7 nitrogen and oxygen atoms in total. The van der Waals surface area contributed by atoms with E-state index in [1.807, 2.05) is 13.8 Å². The summed E-state index contributed by atoms with van der Waals surface area (Å²) in [5.74, 6) is -0.635. The van der Waals surface area contributed by atoms with Gasteiger partial charge in [0, 0.05) is 36.2 Å². The van der Waals surface area contributed by atoms with Crippen molar-refractivity contribution in [2.24, 2.45) is 11.8 Å². The van der Waals surface area contributed by atoms with Gasteiger partial charge < -0.3 is 21.3 Å². The topological polar surface area (TPSA) is 106 Å².